The molecular formula is C23H21N3O3S2. The molecule has 0 radical (unpaired) electrons. The first kappa shape index (κ1) is 21.1. The number of amidine groups is 1. The minimum Gasteiger partial charge on any atom is -0.497 e. The zero-order valence-electron chi connectivity index (χ0n) is 17.4. The molecule has 0 atom stereocenters. The average molecular weight is 452 g/mol. The van der Waals surface area contributed by atoms with Gasteiger partial charge in [-0.05, 0) is 43.0 Å². The molecule has 1 amide bonds. The molecule has 2 heterocycles. The number of thioether (sulfide) groups is 1. The van der Waals surface area contributed by atoms with E-state index in [0.717, 1.165) is 16.8 Å². The predicted molar refractivity (Wildman–Crippen MR) is 127 cm³/mol. The Morgan fingerprint density at radius 3 is 2.65 bits per heavy atom. The minimum absolute atomic E-state index is 0.0871. The van der Waals surface area contributed by atoms with Crippen LogP contribution in [-0.4, -0.2) is 41.7 Å². The molecule has 4 rings (SSSR count). The van der Waals surface area contributed by atoms with Gasteiger partial charge in [-0.2, -0.15) is 4.99 Å². The number of amides is 1. The number of hydrogen-bond acceptors (Lipinski definition) is 7. The third kappa shape index (κ3) is 4.50. The highest BCUT2D eigenvalue weighted by Gasteiger charge is 2.32. The van der Waals surface area contributed by atoms with Crippen LogP contribution >= 0.6 is 23.1 Å². The van der Waals surface area contributed by atoms with E-state index in [1.165, 1.54) is 23.1 Å². The summed E-state index contributed by atoms with van der Waals surface area (Å²) in [4.78, 5) is 24.5. The summed E-state index contributed by atoms with van der Waals surface area (Å²) in [5.74, 6) is 1.28. The van der Waals surface area contributed by atoms with Gasteiger partial charge < -0.3 is 9.47 Å². The van der Waals surface area contributed by atoms with E-state index in [2.05, 4.69) is 9.98 Å². The first-order valence-electron chi connectivity index (χ1n) is 9.66. The van der Waals surface area contributed by atoms with Crippen LogP contribution in [0, 0.1) is 0 Å². The van der Waals surface area contributed by atoms with Crippen molar-refractivity contribution in [2.24, 2.45) is 4.99 Å². The summed E-state index contributed by atoms with van der Waals surface area (Å²) in [6, 6.07) is 15.5. The normalized spacial score (nSPS) is 16.4. The fourth-order valence-corrected chi connectivity index (χ4v) is 4.89. The van der Waals surface area contributed by atoms with E-state index in [1.54, 1.807) is 19.1 Å². The van der Waals surface area contributed by atoms with Gasteiger partial charge in [-0.1, -0.05) is 30.3 Å². The molecular weight excluding hydrogens is 430 g/mol. The Morgan fingerprint density at radius 1 is 1.13 bits per heavy atom. The van der Waals surface area contributed by atoms with Gasteiger partial charge in [0.1, 0.15) is 11.5 Å². The molecule has 3 aromatic rings. The van der Waals surface area contributed by atoms with Crippen molar-refractivity contribution in [2.75, 3.05) is 20.8 Å². The van der Waals surface area contributed by atoms with Gasteiger partial charge in [0.15, 0.2) is 5.17 Å². The molecule has 0 spiro atoms. The van der Waals surface area contributed by atoms with Crippen molar-refractivity contribution in [1.29, 1.82) is 0 Å². The van der Waals surface area contributed by atoms with Crippen LogP contribution in [0.3, 0.4) is 0 Å². The number of aromatic nitrogens is 1. The maximum Gasteiger partial charge on any atom is 0.266 e. The molecule has 0 bridgehead atoms. The minimum atomic E-state index is -0.0871. The first-order chi connectivity index (χ1) is 15.1. The van der Waals surface area contributed by atoms with Crippen LogP contribution in [-0.2, 0) is 4.79 Å². The summed E-state index contributed by atoms with van der Waals surface area (Å²) < 4.78 is 10.7. The Morgan fingerprint density at radius 2 is 1.94 bits per heavy atom. The molecule has 1 aliphatic rings. The van der Waals surface area contributed by atoms with Crippen molar-refractivity contribution >= 4 is 45.4 Å². The number of carbonyl (C=O) groups is 1. The fourth-order valence-electron chi connectivity index (χ4n) is 3.10. The molecule has 0 saturated carbocycles. The quantitative estimate of drug-likeness (QED) is 0.466. The summed E-state index contributed by atoms with van der Waals surface area (Å²) in [7, 11) is 3.21. The number of hydrogen-bond donors (Lipinski definition) is 0. The largest absolute Gasteiger partial charge is 0.497 e. The Bertz CT molecular complexity index is 1160. The van der Waals surface area contributed by atoms with Crippen molar-refractivity contribution in [3.8, 4) is 22.8 Å². The monoisotopic (exact) mass is 451 g/mol. The zero-order chi connectivity index (χ0) is 21.8. The van der Waals surface area contributed by atoms with E-state index in [0.29, 0.717) is 33.2 Å². The lowest BCUT2D eigenvalue weighted by molar-refractivity contribution is -0.122. The van der Waals surface area contributed by atoms with Gasteiger partial charge in [-0.3, -0.25) is 9.69 Å². The molecule has 0 aliphatic carbocycles. The summed E-state index contributed by atoms with van der Waals surface area (Å²) in [5, 5.41) is 3.21. The van der Waals surface area contributed by atoms with Crippen LogP contribution in [0.2, 0.25) is 0 Å². The van der Waals surface area contributed by atoms with Gasteiger partial charge in [-0.15, -0.1) is 11.3 Å². The number of benzene rings is 2. The van der Waals surface area contributed by atoms with E-state index in [4.69, 9.17) is 9.47 Å². The van der Waals surface area contributed by atoms with Gasteiger partial charge in [0.2, 0.25) is 5.13 Å². The molecule has 1 aliphatic heterocycles. The van der Waals surface area contributed by atoms with Crippen molar-refractivity contribution in [3.63, 3.8) is 0 Å². The van der Waals surface area contributed by atoms with Crippen LogP contribution in [0.1, 0.15) is 12.5 Å². The highest BCUT2D eigenvalue weighted by Crippen LogP contribution is 2.37. The SMILES string of the molecule is CCN1C(=O)/C(=C/c2cc(OC)ccc2OC)S/C1=N/c1nc(-c2ccccc2)cs1. The van der Waals surface area contributed by atoms with E-state index in [9.17, 15) is 4.79 Å². The van der Waals surface area contributed by atoms with Crippen molar-refractivity contribution in [3.05, 3.63) is 64.4 Å². The summed E-state index contributed by atoms with van der Waals surface area (Å²) in [6.45, 7) is 2.45. The number of nitrogens with zero attached hydrogens (tertiary/aromatic N) is 3. The number of likely N-dealkylation sites (N-methyl/N-ethyl adjacent to an activating group) is 1. The highest BCUT2D eigenvalue weighted by atomic mass is 32.2. The molecule has 0 N–H and O–H groups in total. The Kier molecular flexibility index (Phi) is 6.39. The fraction of sp³-hybridized carbons (Fsp3) is 0.174. The molecule has 31 heavy (non-hydrogen) atoms. The number of thiazole rings is 1. The maximum atomic E-state index is 13.0. The predicted octanol–water partition coefficient (Wildman–Crippen LogP) is 5.45. The summed E-state index contributed by atoms with van der Waals surface area (Å²) >= 11 is 2.79. The average Bonchev–Trinajstić information content (AvgIpc) is 3.39. The highest BCUT2D eigenvalue weighted by molar-refractivity contribution is 8.18. The maximum absolute atomic E-state index is 13.0. The van der Waals surface area contributed by atoms with Crippen molar-refractivity contribution < 1.29 is 14.3 Å². The van der Waals surface area contributed by atoms with Crippen LogP contribution < -0.4 is 9.47 Å². The van der Waals surface area contributed by atoms with Crippen molar-refractivity contribution in [2.45, 2.75) is 6.92 Å². The molecule has 1 fully saturated rings. The van der Waals surface area contributed by atoms with E-state index >= 15 is 0 Å². The molecule has 8 heteroatoms. The van der Waals surface area contributed by atoms with Crippen LogP contribution in [0.15, 0.2) is 63.8 Å². The number of ether oxygens (including phenoxy) is 2. The lowest BCUT2D eigenvalue weighted by atomic mass is 10.1. The molecule has 1 saturated heterocycles. The van der Waals surface area contributed by atoms with Gasteiger partial charge >= 0.3 is 0 Å². The molecule has 2 aromatic carbocycles. The van der Waals surface area contributed by atoms with E-state index in [-0.39, 0.29) is 5.91 Å². The van der Waals surface area contributed by atoms with Gasteiger partial charge in [0.05, 0.1) is 24.8 Å². The second-order valence-corrected chi connectivity index (χ2v) is 8.39. The third-order valence-electron chi connectivity index (χ3n) is 4.68. The zero-order valence-corrected chi connectivity index (χ0v) is 19.0. The molecule has 158 valence electrons. The molecule has 1 aromatic heterocycles. The standard InChI is InChI=1S/C23H21N3O3S2/c1-4-26-21(27)20(13-16-12-17(28-2)10-11-19(16)29-3)31-23(26)25-22-24-18(14-30-22)15-8-6-5-7-9-15/h5-14H,4H2,1-3H3/b20-13-,25-23+. The number of carbonyl (C=O) groups excluding carboxylic acids is 1. The third-order valence-corrected chi connectivity index (χ3v) is 6.42. The smallest absolute Gasteiger partial charge is 0.266 e. The number of rotatable bonds is 6. The summed E-state index contributed by atoms with van der Waals surface area (Å²) in [6.07, 6.45) is 1.82. The Hall–Kier alpha value is -3.10. The first-order valence-corrected chi connectivity index (χ1v) is 11.4. The molecule has 6 nitrogen and oxygen atoms in total. The number of methoxy groups -OCH3 is 2. The second-order valence-electron chi connectivity index (χ2n) is 6.54. The summed E-state index contributed by atoms with van der Waals surface area (Å²) in [5.41, 5.74) is 2.69. The number of aliphatic imine (C=N–C) groups is 1. The second kappa shape index (κ2) is 9.36. The van der Waals surface area contributed by atoms with Crippen LogP contribution in [0.4, 0.5) is 5.13 Å². The van der Waals surface area contributed by atoms with Crippen molar-refractivity contribution in [1.82, 2.24) is 9.88 Å². The van der Waals surface area contributed by atoms with Gasteiger partial charge in [0, 0.05) is 23.1 Å². The lowest BCUT2D eigenvalue weighted by Gasteiger charge is -2.11. The van der Waals surface area contributed by atoms with Crippen LogP contribution in [0.25, 0.3) is 17.3 Å². The van der Waals surface area contributed by atoms with Gasteiger partial charge in [-0.25, -0.2) is 4.98 Å². The van der Waals surface area contributed by atoms with E-state index < -0.39 is 0 Å². The molecule has 0 unspecified atom stereocenters. The Labute approximate surface area is 189 Å². The van der Waals surface area contributed by atoms with E-state index in [1.807, 2.05) is 66.9 Å². The van der Waals surface area contributed by atoms with Crippen LogP contribution in [0.5, 0.6) is 11.5 Å². The topological polar surface area (TPSA) is 64.0 Å². The lowest BCUT2D eigenvalue weighted by Crippen LogP contribution is -2.28. The Balaban J connectivity index is 1.65. The van der Waals surface area contributed by atoms with Gasteiger partial charge in [0.25, 0.3) is 5.91 Å².